The Balaban J connectivity index is 0.000000179. The maximum Gasteiger partial charge on any atom is 0.152 e. The van der Waals surface area contributed by atoms with Gasteiger partial charge in [0.05, 0.1) is 27.7 Å². The quantitative estimate of drug-likeness (QED) is 0.118. The smallest absolute Gasteiger partial charge is 0.152 e. The predicted molar refractivity (Wildman–Crippen MR) is 138 cm³/mol. The first-order chi connectivity index (χ1) is 18.2. The summed E-state index contributed by atoms with van der Waals surface area (Å²) in [7, 11) is 0. The zero-order valence-corrected chi connectivity index (χ0v) is 21.1. The van der Waals surface area contributed by atoms with E-state index in [2.05, 4.69) is 25.9 Å². The van der Waals surface area contributed by atoms with Gasteiger partial charge in [-0.15, -0.1) is 0 Å². The number of aromatic nitrogens is 2. The van der Waals surface area contributed by atoms with Crippen LogP contribution in [0, 0.1) is 23.3 Å². The number of hydrogen-bond acceptors (Lipinski definition) is 3. The van der Waals surface area contributed by atoms with Gasteiger partial charge in [0, 0.05) is 39.7 Å². The lowest BCUT2D eigenvalue weighted by molar-refractivity contribution is 0.111. The lowest BCUT2D eigenvalue weighted by Crippen LogP contribution is -2.11. The Kier molecular flexibility index (Phi) is 6.70. The third kappa shape index (κ3) is 4.23. The molecule has 1 aliphatic rings. The summed E-state index contributed by atoms with van der Waals surface area (Å²) in [5, 5.41) is 9.68. The highest BCUT2D eigenvalue weighted by Crippen LogP contribution is 2.48. The monoisotopic (exact) mass is 586 g/mol. The molecule has 3 N–H and O–H groups in total. The van der Waals surface area contributed by atoms with Crippen LogP contribution in [-0.2, 0) is 5.41 Å². The SMILES string of the molecule is O=Cc1c[nH]c2cc(F)c(-c3ccc(C4(CO)CC4)cc3)c(F)c12.O=Cc1c[nH]c2cc(F)c(Br)c(F)c12. The van der Waals surface area contributed by atoms with Gasteiger partial charge in [0.15, 0.2) is 12.6 Å². The van der Waals surface area contributed by atoms with E-state index in [4.69, 9.17) is 0 Å². The fraction of sp³-hybridized carbons (Fsp3) is 0.143. The number of rotatable bonds is 5. The van der Waals surface area contributed by atoms with Crippen LogP contribution in [0.1, 0.15) is 39.1 Å². The summed E-state index contributed by atoms with van der Waals surface area (Å²) >= 11 is 2.77. The van der Waals surface area contributed by atoms with Gasteiger partial charge < -0.3 is 15.1 Å². The molecule has 0 saturated heterocycles. The Morgan fingerprint density at radius 3 is 1.87 bits per heavy atom. The fourth-order valence-electron chi connectivity index (χ4n) is 4.59. The van der Waals surface area contributed by atoms with Gasteiger partial charge in [0.1, 0.15) is 23.3 Å². The second-order valence-corrected chi connectivity index (χ2v) is 9.91. The highest BCUT2D eigenvalue weighted by molar-refractivity contribution is 9.10. The number of H-pyrrole nitrogens is 2. The molecule has 0 bridgehead atoms. The average molecular weight is 587 g/mol. The van der Waals surface area contributed by atoms with Crippen molar-refractivity contribution in [3.8, 4) is 11.1 Å². The number of carbonyl (C=O) groups excluding carboxylic acids is 2. The number of aliphatic hydroxyl groups is 1. The lowest BCUT2D eigenvalue weighted by atomic mass is 9.93. The van der Waals surface area contributed by atoms with Crippen molar-refractivity contribution >= 4 is 50.3 Å². The molecule has 10 heteroatoms. The number of aliphatic hydroxyl groups excluding tert-OH is 1. The minimum Gasteiger partial charge on any atom is -0.395 e. The largest absolute Gasteiger partial charge is 0.395 e. The third-order valence-corrected chi connectivity index (χ3v) is 7.65. The molecular weight excluding hydrogens is 568 g/mol. The van der Waals surface area contributed by atoms with E-state index in [0.29, 0.717) is 18.1 Å². The minimum absolute atomic E-state index is 0.0765. The van der Waals surface area contributed by atoms with Crippen molar-refractivity contribution in [2.75, 3.05) is 6.61 Å². The van der Waals surface area contributed by atoms with E-state index >= 15 is 0 Å². The maximum atomic E-state index is 14.9. The van der Waals surface area contributed by atoms with E-state index in [1.54, 1.807) is 24.3 Å². The summed E-state index contributed by atoms with van der Waals surface area (Å²) in [4.78, 5) is 26.9. The molecule has 38 heavy (non-hydrogen) atoms. The van der Waals surface area contributed by atoms with Gasteiger partial charge in [-0.25, -0.2) is 17.6 Å². The second-order valence-electron chi connectivity index (χ2n) is 9.12. The highest BCUT2D eigenvalue weighted by Gasteiger charge is 2.43. The summed E-state index contributed by atoms with van der Waals surface area (Å²) in [5.41, 5.74) is 1.91. The Hall–Kier alpha value is -3.76. The highest BCUT2D eigenvalue weighted by atomic mass is 79.9. The topological polar surface area (TPSA) is 85.9 Å². The van der Waals surface area contributed by atoms with Crippen molar-refractivity contribution in [2.45, 2.75) is 18.3 Å². The molecule has 1 aliphatic carbocycles. The zero-order chi connectivity index (χ0) is 27.2. The molecule has 0 amide bonds. The number of carbonyl (C=O) groups is 2. The van der Waals surface area contributed by atoms with Crippen LogP contribution in [0.15, 0.2) is 53.3 Å². The van der Waals surface area contributed by atoms with E-state index in [1.807, 2.05) is 0 Å². The Morgan fingerprint density at radius 1 is 0.842 bits per heavy atom. The minimum atomic E-state index is -0.761. The number of fused-ring (bicyclic) bond motifs is 2. The van der Waals surface area contributed by atoms with E-state index in [-0.39, 0.29) is 55.0 Å². The average Bonchev–Trinajstić information content (AvgIpc) is 3.44. The standard InChI is InChI=1S/C19H15F2NO2.C9H4BrF2NO/c20-14-7-15-17(12(9-23)8-22-15)18(21)16(14)11-1-3-13(4-2-11)19(10-24)5-6-19;10-8-5(11)1-6-7(9(8)12)4(3-14)2-13-6/h1-4,7-9,22,24H,5-6,10H2;1-3,13H. The maximum absolute atomic E-state index is 14.9. The van der Waals surface area contributed by atoms with Crippen LogP contribution in [0.3, 0.4) is 0 Å². The van der Waals surface area contributed by atoms with Gasteiger partial charge in [-0.1, -0.05) is 24.3 Å². The van der Waals surface area contributed by atoms with Crippen molar-refractivity contribution in [2.24, 2.45) is 0 Å². The first-order valence-corrected chi connectivity index (χ1v) is 12.3. The fourth-order valence-corrected chi connectivity index (χ4v) is 4.90. The molecule has 194 valence electrons. The summed E-state index contributed by atoms with van der Waals surface area (Å²) in [6.45, 7) is 0.0765. The molecule has 0 spiro atoms. The summed E-state index contributed by atoms with van der Waals surface area (Å²) in [6.07, 6.45) is 5.61. The van der Waals surface area contributed by atoms with Gasteiger partial charge in [-0.2, -0.15) is 0 Å². The number of nitrogens with one attached hydrogen (secondary N) is 2. The van der Waals surface area contributed by atoms with Crippen LogP contribution in [0.2, 0.25) is 0 Å². The number of hydrogen-bond donors (Lipinski definition) is 3. The van der Waals surface area contributed by atoms with Gasteiger partial charge in [0.2, 0.25) is 0 Å². The molecule has 6 rings (SSSR count). The Labute approximate surface area is 221 Å². The summed E-state index contributed by atoms with van der Waals surface area (Å²) in [6, 6.07) is 9.26. The number of halogens is 5. The van der Waals surface area contributed by atoms with E-state index < -0.39 is 23.3 Å². The van der Waals surface area contributed by atoms with Crippen LogP contribution in [0.5, 0.6) is 0 Å². The summed E-state index contributed by atoms with van der Waals surface area (Å²) < 4.78 is 55.5. The summed E-state index contributed by atoms with van der Waals surface area (Å²) in [5.74, 6) is -2.89. The Bertz CT molecular complexity index is 1710. The predicted octanol–water partition coefficient (Wildman–Crippen LogP) is 6.97. The number of aldehydes is 2. The van der Waals surface area contributed by atoms with Crippen LogP contribution >= 0.6 is 15.9 Å². The molecule has 1 fully saturated rings. The molecule has 0 aliphatic heterocycles. The molecular formula is C28H19BrF4N2O3. The molecule has 2 heterocycles. The molecule has 5 aromatic rings. The molecule has 0 atom stereocenters. The molecule has 3 aromatic carbocycles. The van der Waals surface area contributed by atoms with Crippen molar-refractivity contribution in [1.29, 1.82) is 0 Å². The number of aromatic amines is 2. The van der Waals surface area contributed by atoms with Crippen molar-refractivity contribution in [1.82, 2.24) is 9.97 Å². The lowest BCUT2D eigenvalue weighted by Gasteiger charge is -2.13. The molecule has 0 radical (unpaired) electrons. The second kappa shape index (κ2) is 9.85. The van der Waals surface area contributed by atoms with Gasteiger partial charge in [-0.05, 0) is 52.0 Å². The molecule has 2 aromatic heterocycles. The third-order valence-electron chi connectivity index (χ3n) is 6.92. The van der Waals surface area contributed by atoms with Crippen molar-refractivity contribution in [3.63, 3.8) is 0 Å². The first kappa shape index (κ1) is 25.9. The van der Waals surface area contributed by atoms with Gasteiger partial charge in [0.25, 0.3) is 0 Å². The zero-order valence-electron chi connectivity index (χ0n) is 19.5. The van der Waals surface area contributed by atoms with Crippen molar-refractivity contribution < 1.29 is 32.3 Å². The van der Waals surface area contributed by atoms with Crippen LogP contribution in [0.25, 0.3) is 32.9 Å². The number of benzene rings is 3. The van der Waals surface area contributed by atoms with E-state index in [9.17, 15) is 32.3 Å². The molecule has 0 unspecified atom stereocenters. The van der Waals surface area contributed by atoms with Crippen LogP contribution in [0.4, 0.5) is 17.6 Å². The van der Waals surface area contributed by atoms with Gasteiger partial charge >= 0.3 is 0 Å². The van der Waals surface area contributed by atoms with Crippen LogP contribution in [-0.4, -0.2) is 34.3 Å². The molecule has 5 nitrogen and oxygen atoms in total. The Morgan fingerprint density at radius 2 is 1.37 bits per heavy atom. The van der Waals surface area contributed by atoms with E-state index in [0.717, 1.165) is 24.5 Å². The van der Waals surface area contributed by atoms with Gasteiger partial charge in [-0.3, -0.25) is 9.59 Å². The molecule has 1 saturated carbocycles. The van der Waals surface area contributed by atoms with Crippen LogP contribution < -0.4 is 0 Å². The normalized spacial score (nSPS) is 13.8. The van der Waals surface area contributed by atoms with E-state index in [1.165, 1.54) is 18.5 Å². The first-order valence-electron chi connectivity index (χ1n) is 11.5. The van der Waals surface area contributed by atoms with Crippen molar-refractivity contribution in [3.05, 3.63) is 93.2 Å².